The highest BCUT2D eigenvalue weighted by atomic mass is 16.5. The van der Waals surface area contributed by atoms with Gasteiger partial charge in [0, 0.05) is 38.6 Å². The lowest BCUT2D eigenvalue weighted by Crippen LogP contribution is -2.32. The Kier molecular flexibility index (Phi) is 6.81. The molecule has 8 aromatic carbocycles. The molecular formula is C53H32N2O2. The molecule has 4 nitrogen and oxygen atoms in total. The lowest BCUT2D eigenvalue weighted by molar-refractivity contribution is 0.436. The fourth-order valence-electron chi connectivity index (χ4n) is 9.24. The van der Waals surface area contributed by atoms with Crippen molar-refractivity contribution >= 4 is 21.9 Å². The summed E-state index contributed by atoms with van der Waals surface area (Å²) in [5.41, 5.74) is 15.3. The van der Waals surface area contributed by atoms with E-state index in [1.165, 1.54) is 22.3 Å². The van der Waals surface area contributed by atoms with Gasteiger partial charge in [0.15, 0.2) is 5.82 Å². The Hall–Kier alpha value is -7.56. The minimum Gasteiger partial charge on any atom is -0.457 e. The Labute approximate surface area is 329 Å². The molecule has 4 heteroatoms. The maximum Gasteiger partial charge on any atom is 0.160 e. The zero-order valence-electron chi connectivity index (χ0n) is 30.7. The van der Waals surface area contributed by atoms with Gasteiger partial charge in [-0.05, 0) is 75.8 Å². The average Bonchev–Trinajstić information content (AvgIpc) is 3.80. The van der Waals surface area contributed by atoms with Gasteiger partial charge in [-0.15, -0.1) is 0 Å². The quantitative estimate of drug-likeness (QED) is 0.181. The van der Waals surface area contributed by atoms with Crippen molar-refractivity contribution in [1.29, 1.82) is 0 Å². The Balaban J connectivity index is 0.994. The Bertz CT molecular complexity index is 3190. The number of nitrogens with zero attached hydrogens (tertiary/aromatic N) is 2. The van der Waals surface area contributed by atoms with Crippen molar-refractivity contribution in [2.45, 2.75) is 5.41 Å². The number of para-hydroxylation sites is 2. The Morgan fingerprint density at radius 2 is 0.947 bits per heavy atom. The van der Waals surface area contributed by atoms with E-state index in [9.17, 15) is 0 Å². The van der Waals surface area contributed by atoms with Crippen LogP contribution in [0.15, 0.2) is 199 Å². The van der Waals surface area contributed by atoms with Gasteiger partial charge in [-0.2, -0.15) is 0 Å². The average molecular weight is 729 g/mol. The highest BCUT2D eigenvalue weighted by molar-refractivity contribution is 6.05. The van der Waals surface area contributed by atoms with E-state index >= 15 is 0 Å². The second-order valence-electron chi connectivity index (χ2n) is 14.9. The third-order valence-corrected chi connectivity index (χ3v) is 11.8. The van der Waals surface area contributed by atoms with Gasteiger partial charge in [-0.3, -0.25) is 0 Å². The molecule has 0 saturated heterocycles. The van der Waals surface area contributed by atoms with E-state index in [-0.39, 0.29) is 0 Å². The van der Waals surface area contributed by atoms with E-state index < -0.39 is 5.41 Å². The summed E-state index contributed by atoms with van der Waals surface area (Å²) in [7, 11) is 0. The van der Waals surface area contributed by atoms with Crippen molar-refractivity contribution in [1.82, 2.24) is 9.97 Å². The summed E-state index contributed by atoms with van der Waals surface area (Å²) in [5.74, 6) is 2.38. The molecule has 2 aromatic heterocycles. The van der Waals surface area contributed by atoms with Gasteiger partial charge in [0.1, 0.15) is 22.7 Å². The Morgan fingerprint density at radius 1 is 0.351 bits per heavy atom. The number of ether oxygens (including phenoxy) is 1. The van der Waals surface area contributed by atoms with Crippen molar-refractivity contribution in [3.8, 4) is 67.7 Å². The van der Waals surface area contributed by atoms with E-state index in [0.29, 0.717) is 5.82 Å². The second kappa shape index (κ2) is 12.2. The predicted molar refractivity (Wildman–Crippen MR) is 228 cm³/mol. The molecule has 0 unspecified atom stereocenters. The smallest absolute Gasteiger partial charge is 0.160 e. The molecule has 0 amide bonds. The first-order valence-electron chi connectivity index (χ1n) is 19.3. The van der Waals surface area contributed by atoms with Crippen molar-refractivity contribution in [2.75, 3.05) is 0 Å². The third kappa shape index (κ3) is 4.74. The van der Waals surface area contributed by atoms with Crippen molar-refractivity contribution in [2.24, 2.45) is 0 Å². The molecule has 0 bridgehead atoms. The molecule has 2 aliphatic rings. The summed E-state index contributed by atoms with van der Waals surface area (Å²) in [4.78, 5) is 10.4. The summed E-state index contributed by atoms with van der Waals surface area (Å²) in [6.07, 6.45) is 0. The molecule has 1 spiro atoms. The van der Waals surface area contributed by atoms with Crippen molar-refractivity contribution in [3.05, 3.63) is 216 Å². The van der Waals surface area contributed by atoms with E-state index in [1.807, 2.05) is 36.4 Å². The standard InChI is InChI=1S/C53H32N2O2/c1-2-13-33(14-3-1)46-32-47(36-25-27-41-40-19-6-10-23-48(40)56-50(41)31-36)55-52(54-46)37-16-12-15-34(29-37)35-26-28-45-51(30-35)57-49-24-11-9-22-44(49)53(45)42-20-7-4-17-38(42)39-18-5-8-21-43(39)53/h1-32H. The van der Waals surface area contributed by atoms with Gasteiger partial charge < -0.3 is 9.15 Å². The zero-order valence-corrected chi connectivity index (χ0v) is 30.7. The monoisotopic (exact) mass is 728 g/mol. The van der Waals surface area contributed by atoms with Crippen LogP contribution in [0.4, 0.5) is 0 Å². The van der Waals surface area contributed by atoms with Gasteiger partial charge in [0.2, 0.25) is 0 Å². The van der Waals surface area contributed by atoms with E-state index in [2.05, 4.69) is 158 Å². The first-order chi connectivity index (χ1) is 28.2. The molecule has 0 radical (unpaired) electrons. The fraction of sp³-hybridized carbons (Fsp3) is 0.0189. The molecule has 1 aliphatic carbocycles. The Morgan fingerprint density at radius 3 is 1.77 bits per heavy atom. The topological polar surface area (TPSA) is 48.2 Å². The summed E-state index contributed by atoms with van der Waals surface area (Å²) in [6, 6.07) is 68.2. The van der Waals surface area contributed by atoms with Gasteiger partial charge in [0.25, 0.3) is 0 Å². The molecule has 57 heavy (non-hydrogen) atoms. The minimum atomic E-state index is -0.495. The second-order valence-corrected chi connectivity index (χ2v) is 14.9. The summed E-state index contributed by atoms with van der Waals surface area (Å²) in [6.45, 7) is 0. The highest BCUT2D eigenvalue weighted by Gasteiger charge is 2.50. The van der Waals surface area contributed by atoms with E-state index in [1.54, 1.807) is 0 Å². The van der Waals surface area contributed by atoms with Crippen LogP contribution in [0.3, 0.4) is 0 Å². The number of aromatic nitrogens is 2. The number of hydrogen-bond acceptors (Lipinski definition) is 4. The normalized spacial score (nSPS) is 13.2. The molecule has 266 valence electrons. The van der Waals surface area contributed by atoms with E-state index in [0.717, 1.165) is 83.8 Å². The molecule has 0 N–H and O–H groups in total. The van der Waals surface area contributed by atoms with Crippen LogP contribution >= 0.6 is 0 Å². The van der Waals surface area contributed by atoms with Gasteiger partial charge in [-0.25, -0.2) is 9.97 Å². The van der Waals surface area contributed by atoms with Gasteiger partial charge >= 0.3 is 0 Å². The molecule has 0 saturated carbocycles. The number of rotatable bonds is 4. The fourth-order valence-corrected chi connectivity index (χ4v) is 9.24. The number of hydrogen-bond donors (Lipinski definition) is 0. The lowest BCUT2D eigenvalue weighted by Gasteiger charge is -2.39. The third-order valence-electron chi connectivity index (χ3n) is 11.8. The number of benzene rings is 8. The van der Waals surface area contributed by atoms with Crippen LogP contribution in [0.25, 0.3) is 78.1 Å². The van der Waals surface area contributed by atoms with Crippen LogP contribution in [0.1, 0.15) is 22.3 Å². The van der Waals surface area contributed by atoms with Crippen molar-refractivity contribution in [3.63, 3.8) is 0 Å². The van der Waals surface area contributed by atoms with Gasteiger partial charge in [-0.1, -0.05) is 152 Å². The summed E-state index contributed by atoms with van der Waals surface area (Å²) < 4.78 is 13.1. The molecule has 12 rings (SSSR count). The molecule has 1 aliphatic heterocycles. The van der Waals surface area contributed by atoms with Crippen LogP contribution in [0.5, 0.6) is 11.5 Å². The molecule has 0 atom stereocenters. The molecular weight excluding hydrogens is 697 g/mol. The zero-order chi connectivity index (χ0) is 37.5. The number of fused-ring (bicyclic) bond motifs is 12. The minimum absolute atomic E-state index is 0.495. The van der Waals surface area contributed by atoms with Gasteiger partial charge in [0.05, 0.1) is 16.8 Å². The lowest BCUT2D eigenvalue weighted by atomic mass is 9.66. The first-order valence-corrected chi connectivity index (χ1v) is 19.3. The number of furan rings is 1. The predicted octanol–water partition coefficient (Wildman–Crippen LogP) is 13.5. The van der Waals surface area contributed by atoms with Crippen LogP contribution in [-0.2, 0) is 5.41 Å². The maximum atomic E-state index is 6.82. The molecule has 10 aromatic rings. The van der Waals surface area contributed by atoms with Crippen molar-refractivity contribution < 1.29 is 9.15 Å². The van der Waals surface area contributed by atoms with E-state index in [4.69, 9.17) is 19.1 Å². The van der Waals surface area contributed by atoms with Crippen LogP contribution in [0, 0.1) is 0 Å². The largest absolute Gasteiger partial charge is 0.457 e. The summed E-state index contributed by atoms with van der Waals surface area (Å²) >= 11 is 0. The summed E-state index contributed by atoms with van der Waals surface area (Å²) in [5, 5.41) is 2.19. The van der Waals surface area contributed by atoms with Crippen LogP contribution in [-0.4, -0.2) is 9.97 Å². The highest BCUT2D eigenvalue weighted by Crippen LogP contribution is 2.62. The first kappa shape index (κ1) is 31.8. The molecule has 0 fully saturated rings. The maximum absolute atomic E-state index is 6.82. The molecule has 3 heterocycles. The van der Waals surface area contributed by atoms with Crippen LogP contribution in [0.2, 0.25) is 0 Å². The SMILES string of the molecule is c1ccc(-c2cc(-c3ccc4c(c3)oc3ccccc34)nc(-c3cccc(-c4ccc5c(c4)Oc4ccccc4C54c5ccccc5-c5ccccc54)c3)n2)cc1. The van der Waals surface area contributed by atoms with Crippen LogP contribution < -0.4 is 4.74 Å².